The number of aliphatic hydroxyl groups is 1. The normalized spacial score (nSPS) is 12.8. The Kier molecular flexibility index (Phi) is 2.95. The summed E-state index contributed by atoms with van der Waals surface area (Å²) in [6.07, 6.45) is -0.620. The van der Waals surface area contributed by atoms with E-state index in [-0.39, 0.29) is 0 Å². The summed E-state index contributed by atoms with van der Waals surface area (Å²) in [7, 11) is 1.56. The van der Waals surface area contributed by atoms with Gasteiger partial charge in [0.25, 0.3) is 0 Å². The van der Waals surface area contributed by atoms with Crippen LogP contribution >= 0.6 is 0 Å². The highest BCUT2D eigenvalue weighted by Gasteiger charge is 2.10. The van der Waals surface area contributed by atoms with E-state index in [1.807, 2.05) is 24.3 Å². The van der Waals surface area contributed by atoms with Crippen LogP contribution in [0.2, 0.25) is 0 Å². The van der Waals surface area contributed by atoms with Crippen LogP contribution in [-0.4, -0.2) is 12.2 Å². The Morgan fingerprint density at radius 3 is 2.55 bits per heavy atom. The van der Waals surface area contributed by atoms with Crippen LogP contribution in [0.4, 0.5) is 0 Å². The molecule has 1 aromatic heterocycles. The van der Waals surface area contributed by atoms with Crippen LogP contribution < -0.4 is 10.4 Å². The lowest BCUT2D eigenvalue weighted by atomic mass is 10.0. The van der Waals surface area contributed by atoms with Crippen LogP contribution in [0.1, 0.15) is 18.6 Å². The van der Waals surface area contributed by atoms with E-state index >= 15 is 0 Å². The van der Waals surface area contributed by atoms with Gasteiger partial charge in [-0.05, 0) is 36.1 Å². The van der Waals surface area contributed by atoms with Crippen molar-refractivity contribution in [2.24, 2.45) is 0 Å². The average molecular weight is 270 g/mol. The zero-order valence-electron chi connectivity index (χ0n) is 11.2. The lowest BCUT2D eigenvalue weighted by molar-refractivity contribution is 0.199. The second kappa shape index (κ2) is 4.65. The smallest absolute Gasteiger partial charge is 0.344 e. The van der Waals surface area contributed by atoms with E-state index in [9.17, 15) is 9.90 Å². The lowest BCUT2D eigenvalue weighted by Gasteiger charge is -2.08. The molecule has 1 unspecified atom stereocenters. The van der Waals surface area contributed by atoms with Gasteiger partial charge in [0.15, 0.2) is 0 Å². The highest BCUT2D eigenvalue weighted by Crippen LogP contribution is 2.27. The quantitative estimate of drug-likeness (QED) is 0.574. The first-order chi connectivity index (χ1) is 9.60. The number of aliphatic hydroxyl groups excluding tert-OH is 1. The Morgan fingerprint density at radius 1 is 1.10 bits per heavy atom. The average Bonchev–Trinajstić information content (AvgIpc) is 2.46. The van der Waals surface area contributed by atoms with Crippen molar-refractivity contribution in [3.63, 3.8) is 0 Å². The predicted molar refractivity (Wildman–Crippen MR) is 77.2 cm³/mol. The van der Waals surface area contributed by atoms with Crippen LogP contribution in [0.3, 0.4) is 0 Å². The fourth-order valence-corrected chi connectivity index (χ4v) is 2.32. The minimum absolute atomic E-state index is 0.414. The summed E-state index contributed by atoms with van der Waals surface area (Å²) in [6, 6.07) is 10.7. The van der Waals surface area contributed by atoms with Crippen LogP contribution in [0.15, 0.2) is 45.6 Å². The van der Waals surface area contributed by atoms with Crippen molar-refractivity contribution in [1.29, 1.82) is 0 Å². The predicted octanol–water partition coefficient (Wildman–Crippen LogP) is 3.01. The molecule has 0 radical (unpaired) electrons. The summed E-state index contributed by atoms with van der Waals surface area (Å²) in [6.45, 7) is 1.66. The highest BCUT2D eigenvalue weighted by atomic mass is 16.5. The van der Waals surface area contributed by atoms with Crippen molar-refractivity contribution in [2.45, 2.75) is 13.0 Å². The molecule has 3 aromatic rings. The van der Waals surface area contributed by atoms with Crippen LogP contribution in [0, 0.1) is 0 Å². The van der Waals surface area contributed by atoms with Crippen LogP contribution in [-0.2, 0) is 0 Å². The summed E-state index contributed by atoms with van der Waals surface area (Å²) in [5.41, 5.74) is 0.771. The lowest BCUT2D eigenvalue weighted by Crippen LogP contribution is -2.02. The van der Waals surface area contributed by atoms with Crippen LogP contribution in [0.5, 0.6) is 5.75 Å². The zero-order chi connectivity index (χ0) is 14.3. The molecular formula is C16H14O4. The van der Waals surface area contributed by atoms with Gasteiger partial charge in [-0.1, -0.05) is 12.1 Å². The Bertz CT molecular complexity index is 846. The molecule has 1 heterocycles. The molecule has 3 rings (SSSR count). The van der Waals surface area contributed by atoms with E-state index < -0.39 is 11.7 Å². The third-order valence-electron chi connectivity index (χ3n) is 3.43. The van der Waals surface area contributed by atoms with Crippen molar-refractivity contribution in [2.75, 3.05) is 7.11 Å². The molecule has 0 aliphatic carbocycles. The maximum Gasteiger partial charge on any atom is 0.344 e. The van der Waals surface area contributed by atoms with Gasteiger partial charge >= 0.3 is 5.63 Å². The molecule has 0 saturated carbocycles. The Morgan fingerprint density at radius 2 is 1.85 bits per heavy atom. The van der Waals surface area contributed by atoms with Crippen molar-refractivity contribution in [3.05, 3.63) is 52.4 Å². The van der Waals surface area contributed by atoms with E-state index in [0.717, 1.165) is 10.8 Å². The summed E-state index contributed by atoms with van der Waals surface area (Å²) < 4.78 is 10.5. The van der Waals surface area contributed by atoms with Gasteiger partial charge in [0.2, 0.25) is 0 Å². The number of ether oxygens (including phenoxy) is 1. The summed E-state index contributed by atoms with van der Waals surface area (Å²) in [5, 5.41) is 11.7. The number of rotatable bonds is 2. The molecule has 4 heteroatoms. The Labute approximate surface area is 115 Å². The molecule has 102 valence electrons. The van der Waals surface area contributed by atoms with Crippen molar-refractivity contribution in [3.8, 4) is 5.75 Å². The third kappa shape index (κ3) is 1.94. The number of hydrogen-bond acceptors (Lipinski definition) is 4. The maximum absolute atomic E-state index is 12.1. The van der Waals surface area contributed by atoms with Crippen molar-refractivity contribution in [1.82, 2.24) is 0 Å². The van der Waals surface area contributed by atoms with E-state index in [4.69, 9.17) is 9.15 Å². The van der Waals surface area contributed by atoms with Gasteiger partial charge in [0.1, 0.15) is 11.3 Å². The van der Waals surface area contributed by atoms with Gasteiger partial charge in [-0.15, -0.1) is 0 Å². The molecule has 0 saturated heterocycles. The minimum atomic E-state index is -0.620. The fraction of sp³-hybridized carbons (Fsp3) is 0.188. The summed E-state index contributed by atoms with van der Waals surface area (Å²) in [4.78, 5) is 12.1. The first-order valence-electron chi connectivity index (χ1n) is 6.33. The maximum atomic E-state index is 12.1. The minimum Gasteiger partial charge on any atom is -0.497 e. The fourth-order valence-electron chi connectivity index (χ4n) is 2.32. The second-order valence-corrected chi connectivity index (χ2v) is 4.73. The molecule has 0 aliphatic rings. The number of fused-ring (bicyclic) bond motifs is 3. The second-order valence-electron chi connectivity index (χ2n) is 4.73. The Balaban J connectivity index is 2.39. The molecule has 1 N–H and O–H groups in total. The van der Waals surface area contributed by atoms with Gasteiger partial charge < -0.3 is 14.3 Å². The molecule has 1 atom stereocenters. The SMILES string of the molecule is COc1ccc2c(c1)oc(=O)c1cc(C(C)O)ccc12. The molecule has 2 aromatic carbocycles. The van der Waals surface area contributed by atoms with Gasteiger partial charge in [-0.2, -0.15) is 0 Å². The molecule has 0 fully saturated rings. The third-order valence-corrected chi connectivity index (χ3v) is 3.43. The first-order valence-corrected chi connectivity index (χ1v) is 6.33. The zero-order valence-corrected chi connectivity index (χ0v) is 11.2. The molecule has 4 nitrogen and oxygen atoms in total. The molecular weight excluding hydrogens is 256 g/mol. The molecule has 20 heavy (non-hydrogen) atoms. The topological polar surface area (TPSA) is 59.7 Å². The molecule has 0 aliphatic heterocycles. The van der Waals surface area contributed by atoms with E-state index in [1.165, 1.54) is 0 Å². The summed E-state index contributed by atoms with van der Waals surface area (Å²) in [5.74, 6) is 0.639. The number of methoxy groups -OCH3 is 1. The molecule has 0 spiro atoms. The monoisotopic (exact) mass is 270 g/mol. The number of benzene rings is 2. The largest absolute Gasteiger partial charge is 0.497 e. The van der Waals surface area contributed by atoms with E-state index in [1.54, 1.807) is 26.2 Å². The molecule has 0 amide bonds. The van der Waals surface area contributed by atoms with Gasteiger partial charge in [-0.3, -0.25) is 0 Å². The Hall–Kier alpha value is -2.33. The highest BCUT2D eigenvalue weighted by molar-refractivity contribution is 6.04. The first kappa shape index (κ1) is 12.7. The van der Waals surface area contributed by atoms with Crippen molar-refractivity contribution < 1.29 is 14.3 Å². The van der Waals surface area contributed by atoms with Gasteiger partial charge in [0.05, 0.1) is 18.6 Å². The van der Waals surface area contributed by atoms with Gasteiger partial charge in [0, 0.05) is 11.5 Å². The van der Waals surface area contributed by atoms with E-state index in [2.05, 4.69) is 0 Å². The summed E-state index contributed by atoms with van der Waals surface area (Å²) >= 11 is 0. The van der Waals surface area contributed by atoms with E-state index in [0.29, 0.717) is 22.3 Å². The standard InChI is InChI=1S/C16H14O4/c1-9(17)10-3-5-12-13-6-4-11(19-2)8-15(13)20-16(18)14(12)7-10/h3-9,17H,1-2H3. The molecule has 0 bridgehead atoms. The van der Waals surface area contributed by atoms with Crippen LogP contribution in [0.25, 0.3) is 21.7 Å². The van der Waals surface area contributed by atoms with Crippen molar-refractivity contribution >= 4 is 21.7 Å². The number of hydrogen-bond donors (Lipinski definition) is 1. The van der Waals surface area contributed by atoms with Gasteiger partial charge in [-0.25, -0.2) is 4.79 Å².